The number of nitrogens with zero attached hydrogens (tertiary/aromatic N) is 2. The number of hydrogen-bond donors (Lipinski definition) is 1. The van der Waals surface area contributed by atoms with Crippen LogP contribution in [0.25, 0.3) is 0 Å². The average molecular weight is 317 g/mol. The summed E-state index contributed by atoms with van der Waals surface area (Å²) in [4.78, 5) is 17.1. The molecule has 2 heterocycles. The van der Waals surface area contributed by atoms with Crippen molar-refractivity contribution >= 4 is 5.91 Å². The molecule has 1 saturated heterocycles. The first-order valence-electron chi connectivity index (χ1n) is 6.99. The van der Waals surface area contributed by atoms with Gasteiger partial charge < -0.3 is 15.0 Å². The molecule has 1 amide bonds. The van der Waals surface area contributed by atoms with Gasteiger partial charge in [0.2, 0.25) is 0 Å². The van der Waals surface area contributed by atoms with E-state index in [1.807, 2.05) is 13.8 Å². The Morgan fingerprint density at radius 2 is 2.18 bits per heavy atom. The fraction of sp³-hybridized carbons (Fsp3) is 0.571. The number of halogens is 3. The monoisotopic (exact) mass is 317 g/mol. The molecule has 0 saturated carbocycles. The van der Waals surface area contributed by atoms with Crippen molar-refractivity contribution in [1.82, 2.24) is 15.2 Å². The maximum Gasteiger partial charge on any atom is 0.410 e. The van der Waals surface area contributed by atoms with Crippen LogP contribution in [0.5, 0.6) is 5.75 Å². The summed E-state index contributed by atoms with van der Waals surface area (Å²) < 4.78 is 44.6. The van der Waals surface area contributed by atoms with Gasteiger partial charge in [-0.1, -0.05) is 0 Å². The quantitative estimate of drug-likeness (QED) is 0.924. The Kier molecular flexibility index (Phi) is 4.90. The van der Waals surface area contributed by atoms with Crippen molar-refractivity contribution in [3.8, 4) is 5.75 Å². The number of rotatable bonds is 3. The lowest BCUT2D eigenvalue weighted by Gasteiger charge is -2.37. The zero-order valence-electron chi connectivity index (χ0n) is 12.4. The van der Waals surface area contributed by atoms with Crippen LogP contribution in [0.15, 0.2) is 18.5 Å². The van der Waals surface area contributed by atoms with Gasteiger partial charge in [0.25, 0.3) is 5.91 Å². The number of amides is 1. The number of hydrogen-bond acceptors (Lipinski definition) is 4. The van der Waals surface area contributed by atoms with Crippen molar-refractivity contribution in [2.24, 2.45) is 0 Å². The normalized spacial score (nSPS) is 19.4. The predicted molar refractivity (Wildman–Crippen MR) is 73.8 cm³/mol. The van der Waals surface area contributed by atoms with Crippen molar-refractivity contribution in [1.29, 1.82) is 0 Å². The molecule has 2 rings (SSSR count). The van der Waals surface area contributed by atoms with Gasteiger partial charge in [0.1, 0.15) is 11.8 Å². The summed E-state index contributed by atoms with van der Waals surface area (Å²) in [5.41, 5.74) is 0.0919. The van der Waals surface area contributed by atoms with E-state index >= 15 is 0 Å². The standard InChI is InChI=1S/C14H18F3N3O2/c1-9(2)22-11-5-10(6-19-7-11)13(21)20-4-3-18-8-12(20)14(15,16)17/h5-7,9,12,18H,3-4,8H2,1-2H3. The van der Waals surface area contributed by atoms with Gasteiger partial charge in [-0.3, -0.25) is 9.78 Å². The highest BCUT2D eigenvalue weighted by Crippen LogP contribution is 2.27. The van der Waals surface area contributed by atoms with E-state index in [2.05, 4.69) is 10.3 Å². The van der Waals surface area contributed by atoms with Crippen LogP contribution >= 0.6 is 0 Å². The van der Waals surface area contributed by atoms with Crippen LogP contribution in [-0.2, 0) is 0 Å². The molecule has 122 valence electrons. The summed E-state index contributed by atoms with van der Waals surface area (Å²) in [6.45, 7) is 3.64. The number of piperazine rings is 1. The molecule has 5 nitrogen and oxygen atoms in total. The number of ether oxygens (including phenoxy) is 1. The van der Waals surface area contributed by atoms with Crippen LogP contribution in [0.3, 0.4) is 0 Å². The van der Waals surface area contributed by atoms with E-state index in [4.69, 9.17) is 4.74 Å². The van der Waals surface area contributed by atoms with E-state index in [0.717, 1.165) is 4.90 Å². The van der Waals surface area contributed by atoms with Crippen LogP contribution in [0.2, 0.25) is 0 Å². The first kappa shape index (κ1) is 16.5. The molecular weight excluding hydrogens is 299 g/mol. The van der Waals surface area contributed by atoms with E-state index in [-0.39, 0.29) is 24.8 Å². The third-order valence-electron chi connectivity index (χ3n) is 3.21. The molecule has 0 aromatic carbocycles. The Morgan fingerprint density at radius 1 is 1.45 bits per heavy atom. The van der Waals surface area contributed by atoms with E-state index in [1.165, 1.54) is 18.5 Å². The van der Waals surface area contributed by atoms with Gasteiger partial charge >= 0.3 is 6.18 Å². The maximum atomic E-state index is 13.0. The summed E-state index contributed by atoms with van der Waals surface area (Å²) in [6.07, 6.45) is -1.90. The molecule has 1 fully saturated rings. The zero-order valence-corrected chi connectivity index (χ0v) is 12.4. The van der Waals surface area contributed by atoms with E-state index in [0.29, 0.717) is 12.3 Å². The first-order chi connectivity index (χ1) is 10.3. The van der Waals surface area contributed by atoms with Crippen LogP contribution in [0.1, 0.15) is 24.2 Å². The number of pyridine rings is 1. The maximum absolute atomic E-state index is 13.0. The molecule has 0 aliphatic carbocycles. The molecule has 1 aliphatic rings. The molecule has 0 radical (unpaired) electrons. The Morgan fingerprint density at radius 3 is 2.82 bits per heavy atom. The molecule has 0 bridgehead atoms. The fourth-order valence-corrected chi connectivity index (χ4v) is 2.28. The van der Waals surface area contributed by atoms with Crippen LogP contribution in [-0.4, -0.2) is 53.7 Å². The van der Waals surface area contributed by atoms with Crippen molar-refractivity contribution in [3.63, 3.8) is 0 Å². The Hall–Kier alpha value is -1.83. The summed E-state index contributed by atoms with van der Waals surface area (Å²) in [7, 11) is 0. The summed E-state index contributed by atoms with van der Waals surface area (Å²) in [5.74, 6) is -0.329. The van der Waals surface area contributed by atoms with Crippen molar-refractivity contribution < 1.29 is 22.7 Å². The second-order valence-electron chi connectivity index (χ2n) is 5.34. The summed E-state index contributed by atoms with van der Waals surface area (Å²) >= 11 is 0. The number of carbonyl (C=O) groups is 1. The SMILES string of the molecule is CC(C)Oc1cncc(C(=O)N2CCNCC2C(F)(F)F)c1. The molecule has 1 atom stereocenters. The minimum absolute atomic E-state index is 0.00171. The lowest BCUT2D eigenvalue weighted by Crippen LogP contribution is -2.59. The van der Waals surface area contributed by atoms with Gasteiger partial charge in [0.15, 0.2) is 0 Å². The van der Waals surface area contributed by atoms with Crippen molar-refractivity contribution in [2.45, 2.75) is 32.2 Å². The molecule has 1 aliphatic heterocycles. The Bertz CT molecular complexity index is 534. The molecule has 0 spiro atoms. The summed E-state index contributed by atoms with van der Waals surface area (Å²) in [6, 6.07) is -0.409. The molecule has 1 N–H and O–H groups in total. The largest absolute Gasteiger partial charge is 0.489 e. The molecular formula is C14H18F3N3O2. The van der Waals surface area contributed by atoms with Gasteiger partial charge in [-0.15, -0.1) is 0 Å². The highest BCUT2D eigenvalue weighted by Gasteiger charge is 2.46. The molecule has 1 aromatic heterocycles. The van der Waals surface area contributed by atoms with Gasteiger partial charge in [-0.05, 0) is 19.9 Å². The smallest absolute Gasteiger partial charge is 0.410 e. The van der Waals surface area contributed by atoms with E-state index in [1.54, 1.807) is 0 Å². The third-order valence-corrected chi connectivity index (χ3v) is 3.21. The van der Waals surface area contributed by atoms with Crippen LogP contribution in [0, 0.1) is 0 Å². The topological polar surface area (TPSA) is 54.5 Å². The molecule has 1 aromatic rings. The molecule has 8 heteroatoms. The Labute approximate surface area is 126 Å². The minimum Gasteiger partial charge on any atom is -0.489 e. The van der Waals surface area contributed by atoms with Crippen LogP contribution < -0.4 is 10.1 Å². The minimum atomic E-state index is -4.47. The van der Waals surface area contributed by atoms with Crippen molar-refractivity contribution in [3.05, 3.63) is 24.0 Å². The van der Waals surface area contributed by atoms with E-state index in [9.17, 15) is 18.0 Å². The van der Waals surface area contributed by atoms with Crippen LogP contribution in [0.4, 0.5) is 13.2 Å². The average Bonchev–Trinajstić information content (AvgIpc) is 2.45. The van der Waals surface area contributed by atoms with Gasteiger partial charge in [0.05, 0.1) is 17.9 Å². The second kappa shape index (κ2) is 6.51. The lowest BCUT2D eigenvalue weighted by atomic mass is 10.1. The number of aromatic nitrogens is 1. The second-order valence-corrected chi connectivity index (χ2v) is 5.34. The predicted octanol–water partition coefficient (Wildman–Crippen LogP) is 1.85. The first-order valence-corrected chi connectivity index (χ1v) is 6.99. The summed E-state index contributed by atoms with van der Waals surface area (Å²) in [5, 5.41) is 2.66. The molecule has 1 unspecified atom stereocenters. The zero-order chi connectivity index (χ0) is 16.3. The van der Waals surface area contributed by atoms with Crippen molar-refractivity contribution in [2.75, 3.05) is 19.6 Å². The molecule has 22 heavy (non-hydrogen) atoms. The fourth-order valence-electron chi connectivity index (χ4n) is 2.28. The number of nitrogens with one attached hydrogen (secondary N) is 1. The highest BCUT2D eigenvalue weighted by atomic mass is 19.4. The number of carbonyl (C=O) groups excluding carboxylic acids is 1. The Balaban J connectivity index is 2.22. The highest BCUT2D eigenvalue weighted by molar-refractivity contribution is 5.94. The van der Waals surface area contributed by atoms with Gasteiger partial charge in [-0.2, -0.15) is 13.2 Å². The van der Waals surface area contributed by atoms with Gasteiger partial charge in [-0.25, -0.2) is 0 Å². The number of alkyl halides is 3. The van der Waals surface area contributed by atoms with E-state index < -0.39 is 18.1 Å². The third kappa shape index (κ3) is 3.88. The lowest BCUT2D eigenvalue weighted by molar-refractivity contribution is -0.179. The van der Waals surface area contributed by atoms with Gasteiger partial charge in [0, 0.05) is 25.8 Å².